The van der Waals surface area contributed by atoms with E-state index < -0.39 is 0 Å². The minimum Gasteiger partial charge on any atom is -0.456 e. The molecule has 0 saturated heterocycles. The Kier molecular flexibility index (Phi) is 5.54. The maximum absolute atomic E-state index is 6.40. The molecule has 0 saturated carbocycles. The number of fused-ring (bicyclic) bond motifs is 6. The quantitative estimate of drug-likeness (QED) is 0.209. The summed E-state index contributed by atoms with van der Waals surface area (Å²) in [6.07, 6.45) is 0. The highest BCUT2D eigenvalue weighted by atomic mass is 16.3. The third-order valence-corrected chi connectivity index (χ3v) is 8.82. The van der Waals surface area contributed by atoms with Gasteiger partial charge in [-0.25, -0.2) is 0 Å². The first-order valence-electron chi connectivity index (χ1n) is 15.0. The summed E-state index contributed by atoms with van der Waals surface area (Å²) in [5, 5.41) is 4.78. The van der Waals surface area contributed by atoms with Crippen molar-refractivity contribution in [3.05, 3.63) is 164 Å². The molecule has 0 aliphatic heterocycles. The van der Waals surface area contributed by atoms with Crippen molar-refractivity contribution < 1.29 is 4.42 Å². The SMILES string of the molecule is c1ccc(-c2cccc(-c3ccc(-c4cccc5oc6ccc(-n7c8ccccc8c8ccccc87)cc6c45)cc3)c2)cc1. The van der Waals surface area contributed by atoms with E-state index in [-0.39, 0.29) is 0 Å². The first-order valence-corrected chi connectivity index (χ1v) is 15.0. The Morgan fingerprint density at radius 3 is 1.68 bits per heavy atom. The van der Waals surface area contributed by atoms with E-state index >= 15 is 0 Å². The Balaban J connectivity index is 1.17. The third kappa shape index (κ3) is 3.89. The van der Waals surface area contributed by atoms with E-state index in [2.05, 4.69) is 168 Å². The fourth-order valence-electron chi connectivity index (χ4n) is 6.75. The highest BCUT2D eigenvalue weighted by molar-refractivity contribution is 6.14. The molecule has 0 N–H and O–H groups in total. The fraction of sp³-hybridized carbons (Fsp3) is 0. The summed E-state index contributed by atoms with van der Waals surface area (Å²) >= 11 is 0. The molecule has 7 aromatic carbocycles. The van der Waals surface area contributed by atoms with Crippen molar-refractivity contribution in [2.75, 3.05) is 0 Å². The zero-order valence-corrected chi connectivity index (χ0v) is 23.9. The lowest BCUT2D eigenvalue weighted by molar-refractivity contribution is 0.669. The van der Waals surface area contributed by atoms with Crippen LogP contribution in [0.3, 0.4) is 0 Å². The predicted molar refractivity (Wildman–Crippen MR) is 184 cm³/mol. The van der Waals surface area contributed by atoms with Gasteiger partial charge in [0.25, 0.3) is 0 Å². The lowest BCUT2D eigenvalue weighted by Gasteiger charge is -2.09. The molecule has 2 heteroatoms. The molecule has 0 aliphatic rings. The lowest BCUT2D eigenvalue weighted by Crippen LogP contribution is -1.93. The number of nitrogens with zero attached hydrogens (tertiary/aromatic N) is 1. The van der Waals surface area contributed by atoms with Crippen molar-refractivity contribution in [1.82, 2.24) is 4.57 Å². The van der Waals surface area contributed by atoms with E-state index in [1.165, 1.54) is 55.2 Å². The van der Waals surface area contributed by atoms with Gasteiger partial charge >= 0.3 is 0 Å². The van der Waals surface area contributed by atoms with Gasteiger partial charge in [0.2, 0.25) is 0 Å². The second-order valence-electron chi connectivity index (χ2n) is 11.4. The smallest absolute Gasteiger partial charge is 0.136 e. The van der Waals surface area contributed by atoms with Gasteiger partial charge < -0.3 is 8.98 Å². The predicted octanol–water partition coefficient (Wildman–Crippen LogP) is 11.7. The Bertz CT molecular complexity index is 2430. The number of hydrogen-bond donors (Lipinski definition) is 0. The van der Waals surface area contributed by atoms with E-state index in [0.29, 0.717) is 0 Å². The summed E-state index contributed by atoms with van der Waals surface area (Å²) in [4.78, 5) is 0. The average molecular weight is 562 g/mol. The topological polar surface area (TPSA) is 18.1 Å². The van der Waals surface area contributed by atoms with Crippen LogP contribution in [0.2, 0.25) is 0 Å². The molecule has 0 aliphatic carbocycles. The van der Waals surface area contributed by atoms with Gasteiger partial charge in [-0.1, -0.05) is 121 Å². The second kappa shape index (κ2) is 9.86. The van der Waals surface area contributed by atoms with Crippen LogP contribution in [0.15, 0.2) is 168 Å². The molecule has 0 bridgehead atoms. The zero-order chi connectivity index (χ0) is 29.0. The molecule has 0 amide bonds. The highest BCUT2D eigenvalue weighted by Crippen LogP contribution is 2.40. The van der Waals surface area contributed by atoms with Crippen molar-refractivity contribution in [3.63, 3.8) is 0 Å². The van der Waals surface area contributed by atoms with Crippen molar-refractivity contribution in [2.45, 2.75) is 0 Å². The zero-order valence-electron chi connectivity index (χ0n) is 23.9. The molecule has 0 fully saturated rings. The number of rotatable bonds is 4. The van der Waals surface area contributed by atoms with E-state index in [4.69, 9.17) is 4.42 Å². The van der Waals surface area contributed by atoms with E-state index in [1.807, 2.05) is 0 Å². The summed E-state index contributed by atoms with van der Waals surface area (Å²) < 4.78 is 8.77. The first kappa shape index (κ1) is 24.7. The molecule has 0 unspecified atom stereocenters. The van der Waals surface area contributed by atoms with Gasteiger partial charge in [0.15, 0.2) is 0 Å². The maximum Gasteiger partial charge on any atom is 0.136 e. The largest absolute Gasteiger partial charge is 0.456 e. The number of benzene rings is 7. The maximum atomic E-state index is 6.40. The van der Waals surface area contributed by atoms with Gasteiger partial charge in [-0.05, 0) is 75.8 Å². The number of para-hydroxylation sites is 2. The van der Waals surface area contributed by atoms with Crippen molar-refractivity contribution >= 4 is 43.7 Å². The number of furan rings is 1. The molecule has 2 nitrogen and oxygen atoms in total. The molecule has 0 radical (unpaired) electrons. The van der Waals surface area contributed by atoms with Crippen LogP contribution in [-0.4, -0.2) is 4.57 Å². The summed E-state index contributed by atoms with van der Waals surface area (Å²) in [6, 6.07) is 58.4. The van der Waals surface area contributed by atoms with Gasteiger partial charge in [0, 0.05) is 27.2 Å². The molecule has 206 valence electrons. The fourth-order valence-corrected chi connectivity index (χ4v) is 6.75. The van der Waals surface area contributed by atoms with Crippen molar-refractivity contribution in [3.8, 4) is 39.1 Å². The van der Waals surface area contributed by atoms with Crippen LogP contribution in [0, 0.1) is 0 Å². The lowest BCUT2D eigenvalue weighted by atomic mass is 9.95. The van der Waals surface area contributed by atoms with Crippen molar-refractivity contribution in [2.24, 2.45) is 0 Å². The summed E-state index contributed by atoms with van der Waals surface area (Å²) in [5.74, 6) is 0. The summed E-state index contributed by atoms with van der Waals surface area (Å²) in [7, 11) is 0. The highest BCUT2D eigenvalue weighted by Gasteiger charge is 2.16. The van der Waals surface area contributed by atoms with E-state index in [1.54, 1.807) is 0 Å². The van der Waals surface area contributed by atoms with Gasteiger partial charge in [0.1, 0.15) is 11.2 Å². The van der Waals surface area contributed by atoms with E-state index in [0.717, 1.165) is 27.6 Å². The molecule has 44 heavy (non-hydrogen) atoms. The van der Waals surface area contributed by atoms with Crippen LogP contribution in [0.1, 0.15) is 0 Å². The Labute approximate surface area is 255 Å². The molecular formula is C42H27NO. The van der Waals surface area contributed by atoms with Crippen LogP contribution in [0.25, 0.3) is 82.8 Å². The number of aromatic nitrogens is 1. The monoisotopic (exact) mass is 561 g/mol. The van der Waals surface area contributed by atoms with Crippen LogP contribution >= 0.6 is 0 Å². The van der Waals surface area contributed by atoms with E-state index in [9.17, 15) is 0 Å². The van der Waals surface area contributed by atoms with Gasteiger partial charge in [0.05, 0.1) is 11.0 Å². The van der Waals surface area contributed by atoms with Gasteiger partial charge in [-0.15, -0.1) is 0 Å². The molecule has 0 spiro atoms. The molecule has 2 heterocycles. The molecule has 9 aromatic rings. The standard InChI is InChI=1S/C42H27NO/c1-2-10-28(11-3-1)31-12-8-13-32(26-31)29-20-22-30(23-21-29)34-16-9-19-41-42(34)37-27-33(24-25-40(37)44-41)43-38-17-6-4-14-35(38)36-15-5-7-18-39(36)43/h1-27H. The van der Waals surface area contributed by atoms with Crippen LogP contribution in [0.5, 0.6) is 0 Å². The van der Waals surface area contributed by atoms with Crippen LogP contribution in [-0.2, 0) is 0 Å². The normalized spacial score (nSPS) is 11.6. The van der Waals surface area contributed by atoms with Crippen LogP contribution in [0.4, 0.5) is 0 Å². The molecule has 0 atom stereocenters. The van der Waals surface area contributed by atoms with Crippen molar-refractivity contribution in [1.29, 1.82) is 0 Å². The summed E-state index contributed by atoms with van der Waals surface area (Å²) in [5.41, 5.74) is 12.5. The second-order valence-corrected chi connectivity index (χ2v) is 11.4. The Hall–Kier alpha value is -5.86. The molecular weight excluding hydrogens is 534 g/mol. The van der Waals surface area contributed by atoms with Gasteiger partial charge in [-0.2, -0.15) is 0 Å². The average Bonchev–Trinajstić information content (AvgIpc) is 3.64. The Morgan fingerprint density at radius 2 is 0.955 bits per heavy atom. The Morgan fingerprint density at radius 1 is 0.364 bits per heavy atom. The number of hydrogen-bond acceptors (Lipinski definition) is 1. The summed E-state index contributed by atoms with van der Waals surface area (Å²) in [6.45, 7) is 0. The third-order valence-electron chi connectivity index (χ3n) is 8.82. The van der Waals surface area contributed by atoms with Crippen LogP contribution < -0.4 is 0 Å². The first-order chi connectivity index (χ1) is 21.8. The molecule has 2 aromatic heterocycles. The molecule has 9 rings (SSSR count). The minimum atomic E-state index is 0.895. The minimum absolute atomic E-state index is 0.895. The van der Waals surface area contributed by atoms with Gasteiger partial charge in [-0.3, -0.25) is 0 Å².